The van der Waals surface area contributed by atoms with Crippen molar-refractivity contribution in [3.8, 4) is 0 Å². The van der Waals surface area contributed by atoms with Crippen LogP contribution in [0.25, 0.3) is 11.0 Å². The fraction of sp³-hybridized carbons (Fsp3) is 0.217. The van der Waals surface area contributed by atoms with E-state index < -0.39 is 0 Å². The van der Waals surface area contributed by atoms with Crippen molar-refractivity contribution in [2.45, 2.75) is 6.92 Å². The number of hydrogen-bond acceptors (Lipinski definition) is 8. The summed E-state index contributed by atoms with van der Waals surface area (Å²) < 4.78 is 0. The minimum atomic E-state index is -0.0980. The van der Waals surface area contributed by atoms with Gasteiger partial charge >= 0.3 is 0 Å². The largest absolute Gasteiger partial charge is 0.352 e. The lowest BCUT2D eigenvalue weighted by molar-refractivity contribution is 0.0740. The first kappa shape index (κ1) is 19.8. The smallest absolute Gasteiger partial charge is 0.274 e. The molecule has 0 radical (unpaired) electrons. The van der Waals surface area contributed by atoms with Gasteiger partial charge in [-0.05, 0) is 42.8 Å². The second kappa shape index (κ2) is 8.54. The highest BCUT2D eigenvalue weighted by Gasteiger charge is 2.24. The molecule has 4 aromatic rings. The molecule has 9 heteroatoms. The molecule has 0 atom stereocenters. The highest BCUT2D eigenvalue weighted by molar-refractivity contribution is 5.94. The standard InChI is InChI=1S/C23H22N8O/c1-16-6-7-20(25-14-16)27-21-8-9-22(29-28-21)30-10-12-31(13-11-30)23(32)19-15-24-17-4-2-3-5-18(17)26-19/h2-9,14-15H,10-13H2,1H3,(H,25,27,28). The molecule has 32 heavy (non-hydrogen) atoms. The monoisotopic (exact) mass is 426 g/mol. The van der Waals surface area contributed by atoms with Crippen molar-refractivity contribution in [1.82, 2.24) is 30.0 Å². The summed E-state index contributed by atoms with van der Waals surface area (Å²) in [6.45, 7) is 4.51. The number of nitrogens with zero attached hydrogens (tertiary/aromatic N) is 7. The Morgan fingerprint density at radius 3 is 2.34 bits per heavy atom. The van der Waals surface area contributed by atoms with Gasteiger partial charge in [0.15, 0.2) is 11.6 Å². The predicted octanol–water partition coefficient (Wildman–Crippen LogP) is 2.83. The van der Waals surface area contributed by atoms with E-state index in [1.807, 2.05) is 60.4 Å². The Hall–Kier alpha value is -4.14. The summed E-state index contributed by atoms with van der Waals surface area (Å²) in [4.78, 5) is 30.0. The number of anilines is 3. The van der Waals surface area contributed by atoms with Crippen molar-refractivity contribution in [3.63, 3.8) is 0 Å². The molecule has 1 aliphatic rings. The normalized spacial score (nSPS) is 13.9. The molecule has 0 aliphatic carbocycles. The molecule has 4 heterocycles. The third-order valence-corrected chi connectivity index (χ3v) is 5.38. The maximum Gasteiger partial charge on any atom is 0.274 e. The van der Waals surface area contributed by atoms with Crippen molar-refractivity contribution >= 4 is 34.4 Å². The summed E-state index contributed by atoms with van der Waals surface area (Å²) in [5.41, 5.74) is 2.98. The number of carbonyl (C=O) groups is 1. The number of benzene rings is 1. The molecular formula is C23H22N8O. The first-order chi connectivity index (χ1) is 15.7. The lowest BCUT2D eigenvalue weighted by Crippen LogP contribution is -2.49. The number of rotatable bonds is 4. The lowest BCUT2D eigenvalue weighted by atomic mass is 10.2. The minimum absolute atomic E-state index is 0.0980. The van der Waals surface area contributed by atoms with E-state index in [1.165, 1.54) is 0 Å². The van der Waals surface area contributed by atoms with Gasteiger partial charge in [0.25, 0.3) is 5.91 Å². The molecule has 3 aromatic heterocycles. The Labute approximate surface area is 185 Å². The first-order valence-corrected chi connectivity index (χ1v) is 10.5. The van der Waals surface area contributed by atoms with Gasteiger partial charge in [-0.15, -0.1) is 10.2 Å². The van der Waals surface area contributed by atoms with Crippen LogP contribution in [0.4, 0.5) is 17.5 Å². The molecule has 1 fully saturated rings. The van der Waals surface area contributed by atoms with Crippen LogP contribution in [0.1, 0.15) is 16.1 Å². The molecule has 9 nitrogen and oxygen atoms in total. The van der Waals surface area contributed by atoms with E-state index in [0.717, 1.165) is 28.2 Å². The average Bonchev–Trinajstić information content (AvgIpc) is 2.85. The van der Waals surface area contributed by atoms with Crippen LogP contribution in [0.3, 0.4) is 0 Å². The van der Waals surface area contributed by atoms with Gasteiger partial charge in [0, 0.05) is 32.4 Å². The van der Waals surface area contributed by atoms with Crippen molar-refractivity contribution in [1.29, 1.82) is 0 Å². The van der Waals surface area contributed by atoms with Gasteiger partial charge in [-0.25, -0.2) is 9.97 Å². The van der Waals surface area contributed by atoms with Crippen molar-refractivity contribution in [3.05, 3.63) is 72.2 Å². The molecule has 5 rings (SSSR count). The van der Waals surface area contributed by atoms with Gasteiger partial charge < -0.3 is 15.1 Å². The number of para-hydroxylation sites is 2. The summed E-state index contributed by atoms with van der Waals surface area (Å²) in [6, 6.07) is 15.2. The third kappa shape index (κ3) is 4.18. The quantitative estimate of drug-likeness (QED) is 0.532. The molecule has 1 aliphatic heterocycles. The van der Waals surface area contributed by atoms with Crippen LogP contribution in [0.5, 0.6) is 0 Å². The Morgan fingerprint density at radius 1 is 0.844 bits per heavy atom. The lowest BCUT2D eigenvalue weighted by Gasteiger charge is -2.35. The number of fused-ring (bicyclic) bond motifs is 1. The van der Waals surface area contributed by atoms with E-state index in [2.05, 4.69) is 35.4 Å². The van der Waals surface area contributed by atoms with E-state index in [1.54, 1.807) is 12.4 Å². The summed E-state index contributed by atoms with van der Waals surface area (Å²) in [5, 5.41) is 11.7. The van der Waals surface area contributed by atoms with Gasteiger partial charge in [0.1, 0.15) is 11.5 Å². The second-order valence-electron chi connectivity index (χ2n) is 7.65. The third-order valence-electron chi connectivity index (χ3n) is 5.38. The molecule has 0 saturated carbocycles. The fourth-order valence-corrected chi connectivity index (χ4v) is 3.59. The van der Waals surface area contributed by atoms with E-state index >= 15 is 0 Å². The maximum absolute atomic E-state index is 12.9. The molecule has 1 aromatic carbocycles. The number of amides is 1. The van der Waals surface area contributed by atoms with Crippen LogP contribution in [0.15, 0.2) is 60.9 Å². The van der Waals surface area contributed by atoms with Gasteiger partial charge in [0.05, 0.1) is 17.2 Å². The van der Waals surface area contributed by atoms with E-state index in [-0.39, 0.29) is 5.91 Å². The average molecular weight is 426 g/mol. The summed E-state index contributed by atoms with van der Waals surface area (Å²) in [6.07, 6.45) is 3.35. The number of hydrogen-bond donors (Lipinski definition) is 1. The number of nitrogens with one attached hydrogen (secondary N) is 1. The highest BCUT2D eigenvalue weighted by Crippen LogP contribution is 2.18. The van der Waals surface area contributed by atoms with Crippen LogP contribution in [0.2, 0.25) is 0 Å². The Balaban J connectivity index is 1.20. The molecule has 0 spiro atoms. The zero-order chi connectivity index (χ0) is 21.9. The van der Waals surface area contributed by atoms with E-state index in [4.69, 9.17) is 0 Å². The predicted molar refractivity (Wildman–Crippen MR) is 122 cm³/mol. The molecule has 0 unspecified atom stereocenters. The van der Waals surface area contributed by atoms with Gasteiger partial charge in [-0.1, -0.05) is 18.2 Å². The Kier molecular flexibility index (Phi) is 5.29. The number of aromatic nitrogens is 5. The van der Waals surface area contributed by atoms with Gasteiger partial charge in [0.2, 0.25) is 0 Å². The number of aryl methyl sites for hydroxylation is 1. The summed E-state index contributed by atoms with van der Waals surface area (Å²) in [5.74, 6) is 2.04. The maximum atomic E-state index is 12.9. The minimum Gasteiger partial charge on any atom is -0.352 e. The van der Waals surface area contributed by atoms with Crippen LogP contribution < -0.4 is 10.2 Å². The molecule has 1 amide bonds. The molecule has 160 valence electrons. The van der Waals surface area contributed by atoms with Crippen molar-refractivity contribution < 1.29 is 4.79 Å². The van der Waals surface area contributed by atoms with Gasteiger partial charge in [-0.2, -0.15) is 0 Å². The van der Waals surface area contributed by atoms with Crippen molar-refractivity contribution in [2.75, 3.05) is 36.4 Å². The van der Waals surface area contributed by atoms with E-state index in [9.17, 15) is 4.79 Å². The van der Waals surface area contributed by atoms with Crippen LogP contribution in [0, 0.1) is 6.92 Å². The summed E-state index contributed by atoms with van der Waals surface area (Å²) in [7, 11) is 0. The van der Waals surface area contributed by atoms with Gasteiger partial charge in [-0.3, -0.25) is 9.78 Å². The SMILES string of the molecule is Cc1ccc(Nc2ccc(N3CCN(C(=O)c4cnc5ccccc5n4)CC3)nn2)nc1. The van der Waals surface area contributed by atoms with E-state index in [0.29, 0.717) is 37.7 Å². The summed E-state index contributed by atoms with van der Waals surface area (Å²) >= 11 is 0. The Morgan fingerprint density at radius 2 is 1.62 bits per heavy atom. The highest BCUT2D eigenvalue weighted by atomic mass is 16.2. The van der Waals surface area contributed by atoms with Crippen LogP contribution >= 0.6 is 0 Å². The molecular weight excluding hydrogens is 404 g/mol. The van der Waals surface area contributed by atoms with Crippen molar-refractivity contribution in [2.24, 2.45) is 0 Å². The number of pyridine rings is 1. The second-order valence-corrected chi connectivity index (χ2v) is 7.65. The zero-order valence-corrected chi connectivity index (χ0v) is 17.6. The Bertz CT molecular complexity index is 1240. The fourth-order valence-electron chi connectivity index (χ4n) is 3.59. The zero-order valence-electron chi connectivity index (χ0n) is 17.6. The number of piperazine rings is 1. The molecule has 1 N–H and O–H groups in total. The van der Waals surface area contributed by atoms with Crippen LogP contribution in [-0.4, -0.2) is 62.1 Å². The molecule has 0 bridgehead atoms. The number of carbonyl (C=O) groups excluding carboxylic acids is 1. The topological polar surface area (TPSA) is 100 Å². The van der Waals surface area contributed by atoms with Crippen LogP contribution in [-0.2, 0) is 0 Å². The molecule has 1 saturated heterocycles. The first-order valence-electron chi connectivity index (χ1n) is 10.5.